The lowest BCUT2D eigenvalue weighted by molar-refractivity contribution is 0.153. The van der Waals surface area contributed by atoms with Crippen molar-refractivity contribution in [2.75, 3.05) is 0 Å². The molecule has 0 radical (unpaired) electrons. The summed E-state index contributed by atoms with van der Waals surface area (Å²) in [5.41, 5.74) is 4.11. The molecule has 2 aliphatic rings. The molecule has 3 heterocycles. The summed E-state index contributed by atoms with van der Waals surface area (Å²) in [6.07, 6.45) is 6.51. The molecule has 1 fully saturated rings. The summed E-state index contributed by atoms with van der Waals surface area (Å²) in [6.45, 7) is 5.83. The number of aryl methyl sites for hydroxylation is 3. The van der Waals surface area contributed by atoms with E-state index < -0.39 is 0 Å². The summed E-state index contributed by atoms with van der Waals surface area (Å²) in [5.74, 6) is 1.92. The van der Waals surface area contributed by atoms with Gasteiger partial charge in [-0.15, -0.1) is 0 Å². The number of nitrogens with zero attached hydrogens (tertiary/aromatic N) is 3. The quantitative estimate of drug-likeness (QED) is 0.655. The Balaban J connectivity index is 1.49. The van der Waals surface area contributed by atoms with Crippen LogP contribution in [0.5, 0.6) is 17.4 Å². The van der Waals surface area contributed by atoms with Gasteiger partial charge in [-0.3, -0.25) is 4.98 Å². The first-order chi connectivity index (χ1) is 14.5. The fraction of sp³-hybridized carbons (Fsp3) is 0.375. The number of rotatable bonds is 3. The second-order valence-corrected chi connectivity index (χ2v) is 8.26. The Morgan fingerprint density at radius 3 is 2.73 bits per heavy atom. The second-order valence-electron chi connectivity index (χ2n) is 8.26. The van der Waals surface area contributed by atoms with Crippen molar-refractivity contribution < 1.29 is 14.6 Å². The van der Waals surface area contributed by atoms with Gasteiger partial charge in [0.25, 0.3) is 0 Å². The van der Waals surface area contributed by atoms with E-state index in [1.165, 1.54) is 12.8 Å². The van der Waals surface area contributed by atoms with Crippen LogP contribution in [0.25, 0.3) is 10.9 Å². The molecular formula is C24H25N3O3. The molecule has 0 spiro atoms. The van der Waals surface area contributed by atoms with Gasteiger partial charge in [-0.05, 0) is 63.3 Å². The topological polar surface area (TPSA) is 76.8 Å². The van der Waals surface area contributed by atoms with Gasteiger partial charge in [0.05, 0.1) is 11.7 Å². The molecule has 1 aliphatic carbocycles. The summed E-state index contributed by atoms with van der Waals surface area (Å²) >= 11 is 0. The number of aromatic nitrogens is 2. The van der Waals surface area contributed by atoms with Crippen LogP contribution in [-0.4, -0.2) is 33.1 Å². The van der Waals surface area contributed by atoms with E-state index in [4.69, 9.17) is 14.5 Å². The van der Waals surface area contributed by atoms with Gasteiger partial charge in [-0.2, -0.15) is 0 Å². The fourth-order valence-corrected chi connectivity index (χ4v) is 4.31. The van der Waals surface area contributed by atoms with Crippen LogP contribution in [-0.2, 0) is 4.74 Å². The lowest BCUT2D eigenvalue weighted by Gasteiger charge is -2.22. The number of aliphatic imine (C=N–C) groups is 1. The van der Waals surface area contributed by atoms with Crippen LogP contribution in [0.15, 0.2) is 35.5 Å². The van der Waals surface area contributed by atoms with Crippen LogP contribution in [0.1, 0.15) is 48.1 Å². The Kier molecular flexibility index (Phi) is 4.57. The van der Waals surface area contributed by atoms with Crippen LogP contribution in [0, 0.1) is 20.8 Å². The minimum absolute atomic E-state index is 0.0792. The zero-order valence-corrected chi connectivity index (χ0v) is 17.5. The van der Waals surface area contributed by atoms with Gasteiger partial charge in [-0.1, -0.05) is 12.5 Å². The zero-order valence-electron chi connectivity index (χ0n) is 17.5. The van der Waals surface area contributed by atoms with Gasteiger partial charge >= 0.3 is 0 Å². The van der Waals surface area contributed by atoms with Gasteiger partial charge in [0.1, 0.15) is 17.4 Å². The molecule has 0 amide bonds. The van der Waals surface area contributed by atoms with Crippen molar-refractivity contribution >= 4 is 16.8 Å². The lowest BCUT2D eigenvalue weighted by atomic mass is 9.94. The highest BCUT2D eigenvalue weighted by atomic mass is 16.5. The zero-order chi connectivity index (χ0) is 20.8. The van der Waals surface area contributed by atoms with Crippen LogP contribution >= 0.6 is 0 Å². The molecule has 1 aliphatic heterocycles. The second kappa shape index (κ2) is 7.27. The van der Waals surface area contributed by atoms with Gasteiger partial charge in [-0.25, -0.2) is 9.98 Å². The third-order valence-electron chi connectivity index (χ3n) is 6.05. The van der Waals surface area contributed by atoms with Gasteiger partial charge in [0, 0.05) is 23.2 Å². The molecule has 30 heavy (non-hydrogen) atoms. The summed E-state index contributed by atoms with van der Waals surface area (Å²) in [6, 6.07) is 8.00. The minimum atomic E-state index is 0.0792. The standard InChI is InChI=1S/C24H25N3O3/c1-13-10-14(2)20(11-17(13)24-26-18-6-4-5-7-19(18)30-24)29-21-9-8-16-12-25-15(3)23(28)22(16)27-21/h8-12,18-19,28H,4-7H2,1-3H3/t18-,19?/m0/s1. The van der Waals surface area contributed by atoms with E-state index in [2.05, 4.69) is 23.0 Å². The molecule has 5 rings (SSSR count). The Labute approximate surface area is 175 Å². The predicted molar refractivity (Wildman–Crippen MR) is 116 cm³/mol. The summed E-state index contributed by atoms with van der Waals surface area (Å²) in [7, 11) is 0. The average Bonchev–Trinajstić information content (AvgIpc) is 3.17. The maximum Gasteiger partial charge on any atom is 0.219 e. The minimum Gasteiger partial charge on any atom is -0.504 e. The van der Waals surface area contributed by atoms with Crippen molar-refractivity contribution in [2.24, 2.45) is 4.99 Å². The Morgan fingerprint density at radius 2 is 1.90 bits per heavy atom. The van der Waals surface area contributed by atoms with Crippen LogP contribution in [0.3, 0.4) is 0 Å². The van der Waals surface area contributed by atoms with Gasteiger partial charge < -0.3 is 14.6 Å². The molecule has 3 aromatic rings. The molecule has 6 nitrogen and oxygen atoms in total. The highest BCUT2D eigenvalue weighted by molar-refractivity contribution is 5.97. The van der Waals surface area contributed by atoms with Crippen LogP contribution in [0.2, 0.25) is 0 Å². The number of pyridine rings is 2. The number of hydrogen-bond acceptors (Lipinski definition) is 6. The molecule has 1 unspecified atom stereocenters. The summed E-state index contributed by atoms with van der Waals surface area (Å²) in [5, 5.41) is 11.1. The smallest absolute Gasteiger partial charge is 0.219 e. The molecule has 1 saturated carbocycles. The fourth-order valence-electron chi connectivity index (χ4n) is 4.31. The molecule has 1 N–H and O–H groups in total. The van der Waals surface area contributed by atoms with E-state index in [-0.39, 0.29) is 17.9 Å². The summed E-state index contributed by atoms with van der Waals surface area (Å²) in [4.78, 5) is 13.5. The van der Waals surface area contributed by atoms with Gasteiger partial charge in [0.2, 0.25) is 11.8 Å². The Morgan fingerprint density at radius 1 is 1.07 bits per heavy atom. The van der Waals surface area contributed by atoms with Gasteiger partial charge in [0.15, 0.2) is 5.75 Å². The Bertz CT molecular complexity index is 1170. The lowest BCUT2D eigenvalue weighted by Crippen LogP contribution is -2.26. The van der Waals surface area contributed by atoms with E-state index in [0.717, 1.165) is 40.8 Å². The van der Waals surface area contributed by atoms with Crippen LogP contribution < -0.4 is 4.74 Å². The van der Waals surface area contributed by atoms with Crippen molar-refractivity contribution in [3.05, 3.63) is 52.8 Å². The SMILES string of the molecule is Cc1cc(C)c(C2=N[C@H]3CCCCC3O2)cc1Oc1ccc2cnc(C)c(O)c2n1. The molecule has 0 saturated heterocycles. The number of benzene rings is 1. The first-order valence-corrected chi connectivity index (χ1v) is 10.5. The van der Waals surface area contributed by atoms with E-state index >= 15 is 0 Å². The molecule has 1 aromatic carbocycles. The number of aromatic hydroxyl groups is 1. The van der Waals surface area contributed by atoms with E-state index in [1.807, 2.05) is 19.1 Å². The molecule has 0 bridgehead atoms. The van der Waals surface area contributed by atoms with E-state index in [1.54, 1.807) is 19.2 Å². The number of ether oxygens (including phenoxy) is 2. The van der Waals surface area contributed by atoms with E-state index in [0.29, 0.717) is 22.8 Å². The molecular weight excluding hydrogens is 378 g/mol. The Hall–Kier alpha value is -3.15. The molecule has 154 valence electrons. The van der Waals surface area contributed by atoms with Crippen molar-refractivity contribution in [3.8, 4) is 17.4 Å². The maximum atomic E-state index is 10.3. The number of hydrogen-bond donors (Lipinski definition) is 1. The predicted octanol–water partition coefficient (Wildman–Crippen LogP) is 5.14. The molecule has 6 heteroatoms. The van der Waals surface area contributed by atoms with E-state index in [9.17, 15) is 5.11 Å². The van der Waals surface area contributed by atoms with Crippen molar-refractivity contribution in [1.29, 1.82) is 0 Å². The maximum absolute atomic E-state index is 10.3. The monoisotopic (exact) mass is 403 g/mol. The third-order valence-corrected chi connectivity index (χ3v) is 6.05. The highest BCUT2D eigenvalue weighted by Crippen LogP contribution is 2.34. The molecule has 2 aromatic heterocycles. The largest absolute Gasteiger partial charge is 0.504 e. The normalized spacial score (nSPS) is 20.6. The first-order valence-electron chi connectivity index (χ1n) is 10.5. The molecule has 2 atom stereocenters. The van der Waals surface area contributed by atoms with Crippen molar-refractivity contribution in [2.45, 2.75) is 58.6 Å². The number of fused-ring (bicyclic) bond motifs is 2. The summed E-state index contributed by atoms with van der Waals surface area (Å²) < 4.78 is 12.3. The highest BCUT2D eigenvalue weighted by Gasteiger charge is 2.34. The first kappa shape index (κ1) is 18.9. The van der Waals surface area contributed by atoms with Crippen molar-refractivity contribution in [3.63, 3.8) is 0 Å². The average molecular weight is 403 g/mol. The van der Waals surface area contributed by atoms with Crippen LogP contribution in [0.4, 0.5) is 0 Å². The third kappa shape index (κ3) is 3.26. The van der Waals surface area contributed by atoms with Crippen molar-refractivity contribution in [1.82, 2.24) is 9.97 Å².